The standard InChI is InChI=1S/C25H25NO3/c1-18(19-9-11-21(12-10-19)20-7-5-4-6-8-20)26-25(27)16-13-22-17-23(28-2)14-15-24(22)29-3/h4-18H,1-3H3,(H,26,27)/b16-13+/t18-/m0/s1. The van der Waals surface area contributed by atoms with Gasteiger partial charge in [0.2, 0.25) is 5.91 Å². The minimum atomic E-state index is -0.172. The summed E-state index contributed by atoms with van der Waals surface area (Å²) in [6, 6.07) is 23.8. The van der Waals surface area contributed by atoms with Crippen LogP contribution in [0.4, 0.5) is 0 Å². The molecule has 0 aliphatic carbocycles. The Labute approximate surface area is 171 Å². The van der Waals surface area contributed by atoms with Crippen LogP contribution in [-0.2, 0) is 4.79 Å². The zero-order chi connectivity index (χ0) is 20.6. The Kier molecular flexibility index (Phi) is 6.69. The first-order valence-corrected chi connectivity index (χ1v) is 9.46. The van der Waals surface area contributed by atoms with E-state index in [1.165, 1.54) is 11.6 Å². The van der Waals surface area contributed by atoms with Crippen LogP contribution in [0.2, 0.25) is 0 Å². The summed E-state index contributed by atoms with van der Waals surface area (Å²) >= 11 is 0. The fourth-order valence-corrected chi connectivity index (χ4v) is 3.07. The lowest BCUT2D eigenvalue weighted by atomic mass is 10.0. The van der Waals surface area contributed by atoms with Crippen LogP contribution in [0, 0.1) is 0 Å². The Balaban J connectivity index is 1.65. The fourth-order valence-electron chi connectivity index (χ4n) is 3.07. The highest BCUT2D eigenvalue weighted by Crippen LogP contribution is 2.25. The normalized spacial score (nSPS) is 11.8. The second-order valence-electron chi connectivity index (χ2n) is 6.66. The van der Waals surface area contributed by atoms with Crippen molar-refractivity contribution in [1.29, 1.82) is 0 Å². The summed E-state index contributed by atoms with van der Waals surface area (Å²) in [5.41, 5.74) is 4.15. The molecule has 0 fully saturated rings. The van der Waals surface area contributed by atoms with E-state index in [-0.39, 0.29) is 11.9 Å². The number of benzene rings is 3. The van der Waals surface area contributed by atoms with Crippen LogP contribution in [-0.4, -0.2) is 20.1 Å². The second kappa shape index (κ2) is 9.60. The molecule has 0 saturated heterocycles. The molecule has 0 unspecified atom stereocenters. The maximum atomic E-state index is 12.4. The van der Waals surface area contributed by atoms with Gasteiger partial charge in [-0.3, -0.25) is 4.79 Å². The van der Waals surface area contributed by atoms with Crippen molar-refractivity contribution >= 4 is 12.0 Å². The molecule has 3 aromatic carbocycles. The number of methoxy groups -OCH3 is 2. The summed E-state index contributed by atoms with van der Waals surface area (Å²) in [4.78, 5) is 12.4. The van der Waals surface area contributed by atoms with Crippen molar-refractivity contribution < 1.29 is 14.3 Å². The highest BCUT2D eigenvalue weighted by molar-refractivity contribution is 5.92. The lowest BCUT2D eigenvalue weighted by Gasteiger charge is -2.14. The predicted octanol–water partition coefficient (Wildman–Crippen LogP) is 5.26. The van der Waals surface area contributed by atoms with Gasteiger partial charge >= 0.3 is 0 Å². The third-order valence-electron chi connectivity index (χ3n) is 4.73. The van der Waals surface area contributed by atoms with Crippen LogP contribution in [0.3, 0.4) is 0 Å². The van der Waals surface area contributed by atoms with Gasteiger partial charge < -0.3 is 14.8 Å². The summed E-state index contributed by atoms with van der Waals surface area (Å²) < 4.78 is 10.6. The van der Waals surface area contributed by atoms with E-state index in [0.717, 1.165) is 16.7 Å². The van der Waals surface area contributed by atoms with E-state index < -0.39 is 0 Å². The molecule has 3 aromatic rings. The molecule has 3 rings (SSSR count). The monoisotopic (exact) mass is 387 g/mol. The maximum Gasteiger partial charge on any atom is 0.244 e. The van der Waals surface area contributed by atoms with Crippen molar-refractivity contribution in [3.05, 3.63) is 90.0 Å². The van der Waals surface area contributed by atoms with Gasteiger partial charge in [0.25, 0.3) is 0 Å². The van der Waals surface area contributed by atoms with E-state index in [2.05, 4.69) is 29.6 Å². The molecule has 0 radical (unpaired) electrons. The number of hydrogen-bond acceptors (Lipinski definition) is 3. The SMILES string of the molecule is COc1ccc(OC)c(/C=C/C(=O)N[C@@H](C)c2ccc(-c3ccccc3)cc2)c1. The van der Waals surface area contributed by atoms with Gasteiger partial charge in [0, 0.05) is 11.6 Å². The number of carbonyl (C=O) groups is 1. The molecule has 4 heteroatoms. The molecule has 0 heterocycles. The lowest BCUT2D eigenvalue weighted by molar-refractivity contribution is -0.117. The van der Waals surface area contributed by atoms with Gasteiger partial charge in [-0.2, -0.15) is 0 Å². The number of amides is 1. The third kappa shape index (κ3) is 5.26. The van der Waals surface area contributed by atoms with Crippen molar-refractivity contribution in [3.8, 4) is 22.6 Å². The molecule has 0 saturated carbocycles. The van der Waals surface area contributed by atoms with Gasteiger partial charge in [0.15, 0.2) is 0 Å². The van der Waals surface area contributed by atoms with Crippen LogP contribution in [0.15, 0.2) is 78.9 Å². The van der Waals surface area contributed by atoms with Crippen molar-refractivity contribution in [1.82, 2.24) is 5.32 Å². The van der Waals surface area contributed by atoms with Crippen molar-refractivity contribution in [2.75, 3.05) is 14.2 Å². The Bertz CT molecular complexity index is 979. The van der Waals surface area contributed by atoms with Crippen molar-refractivity contribution in [2.45, 2.75) is 13.0 Å². The highest BCUT2D eigenvalue weighted by atomic mass is 16.5. The second-order valence-corrected chi connectivity index (χ2v) is 6.66. The molecule has 0 aliphatic rings. The molecule has 0 aromatic heterocycles. The van der Waals surface area contributed by atoms with Gasteiger partial charge in [0.1, 0.15) is 11.5 Å². The molecular formula is C25H25NO3. The summed E-state index contributed by atoms with van der Waals surface area (Å²) in [6.45, 7) is 1.97. The molecule has 29 heavy (non-hydrogen) atoms. The molecule has 1 N–H and O–H groups in total. The molecule has 1 atom stereocenters. The van der Waals surface area contributed by atoms with E-state index in [4.69, 9.17) is 9.47 Å². The van der Waals surface area contributed by atoms with E-state index in [0.29, 0.717) is 11.5 Å². The third-order valence-corrected chi connectivity index (χ3v) is 4.73. The largest absolute Gasteiger partial charge is 0.497 e. The van der Waals surface area contributed by atoms with Crippen LogP contribution >= 0.6 is 0 Å². The molecule has 0 spiro atoms. The van der Waals surface area contributed by atoms with E-state index in [9.17, 15) is 4.79 Å². The van der Waals surface area contributed by atoms with Crippen molar-refractivity contribution in [3.63, 3.8) is 0 Å². The van der Waals surface area contributed by atoms with Crippen LogP contribution in [0.1, 0.15) is 24.1 Å². The highest BCUT2D eigenvalue weighted by Gasteiger charge is 2.09. The molecule has 148 valence electrons. The van der Waals surface area contributed by atoms with Crippen molar-refractivity contribution in [2.24, 2.45) is 0 Å². The van der Waals surface area contributed by atoms with Crippen LogP contribution < -0.4 is 14.8 Å². The molecule has 4 nitrogen and oxygen atoms in total. The minimum Gasteiger partial charge on any atom is -0.497 e. The van der Waals surface area contributed by atoms with Gasteiger partial charge in [-0.1, -0.05) is 54.6 Å². The predicted molar refractivity (Wildman–Crippen MR) is 117 cm³/mol. The lowest BCUT2D eigenvalue weighted by Crippen LogP contribution is -2.24. The first-order valence-electron chi connectivity index (χ1n) is 9.46. The Morgan fingerprint density at radius 1 is 0.897 bits per heavy atom. The smallest absolute Gasteiger partial charge is 0.244 e. The molecule has 1 amide bonds. The summed E-state index contributed by atoms with van der Waals surface area (Å²) in [6.07, 6.45) is 3.23. The molecular weight excluding hydrogens is 362 g/mol. The Morgan fingerprint density at radius 2 is 1.59 bits per heavy atom. The van der Waals surface area contributed by atoms with E-state index in [1.807, 2.05) is 55.5 Å². The topological polar surface area (TPSA) is 47.6 Å². The quantitative estimate of drug-likeness (QED) is 0.563. The number of ether oxygens (including phenoxy) is 2. The molecule has 0 aliphatic heterocycles. The summed E-state index contributed by atoms with van der Waals surface area (Å²) in [5, 5.41) is 2.99. The number of carbonyl (C=O) groups excluding carboxylic acids is 1. The zero-order valence-corrected chi connectivity index (χ0v) is 16.9. The zero-order valence-electron chi connectivity index (χ0n) is 16.9. The van der Waals surface area contributed by atoms with Gasteiger partial charge in [-0.15, -0.1) is 0 Å². The maximum absolute atomic E-state index is 12.4. The first-order chi connectivity index (χ1) is 14.1. The number of rotatable bonds is 7. The minimum absolute atomic E-state index is 0.107. The van der Waals surface area contributed by atoms with E-state index in [1.54, 1.807) is 20.3 Å². The van der Waals surface area contributed by atoms with Crippen LogP contribution in [0.25, 0.3) is 17.2 Å². The fraction of sp³-hybridized carbons (Fsp3) is 0.160. The Morgan fingerprint density at radius 3 is 2.24 bits per heavy atom. The number of hydrogen-bond donors (Lipinski definition) is 1. The number of nitrogens with one attached hydrogen (secondary N) is 1. The van der Waals surface area contributed by atoms with Gasteiger partial charge in [0.05, 0.1) is 20.3 Å². The van der Waals surface area contributed by atoms with Gasteiger partial charge in [-0.05, 0) is 47.9 Å². The van der Waals surface area contributed by atoms with E-state index >= 15 is 0 Å². The summed E-state index contributed by atoms with van der Waals surface area (Å²) in [7, 11) is 3.20. The first kappa shape index (κ1) is 20.2. The van der Waals surface area contributed by atoms with Crippen LogP contribution in [0.5, 0.6) is 11.5 Å². The Hall–Kier alpha value is -3.53. The average molecular weight is 387 g/mol. The van der Waals surface area contributed by atoms with Gasteiger partial charge in [-0.25, -0.2) is 0 Å². The molecule has 0 bridgehead atoms. The average Bonchev–Trinajstić information content (AvgIpc) is 2.78. The summed E-state index contributed by atoms with van der Waals surface area (Å²) in [5.74, 6) is 1.21.